The van der Waals surface area contributed by atoms with Gasteiger partial charge in [-0.3, -0.25) is 0 Å². The predicted octanol–water partition coefficient (Wildman–Crippen LogP) is 11.3. The van der Waals surface area contributed by atoms with Crippen LogP contribution in [-0.4, -0.2) is 11.9 Å². The van der Waals surface area contributed by atoms with Crippen molar-refractivity contribution in [1.29, 1.82) is 0 Å². The number of carboxylic acid groups (broad SMARTS) is 2. The SMILES string of the molecule is CC(=O)[O-].CC(=O)[O-].[Pd+2].[Pd].c1ccc(P(c2ccccc2)c2ccccc2)cc1.c1ccc(P(c2ccccc2)c2ccccc2)cc1.c1ccc(P(c2ccccc2)c2ccccc2)cc1.c1ccc(P(c2ccccc2)c2ccccc2)cc1. The summed E-state index contributed by atoms with van der Waals surface area (Å²) < 4.78 is 0. The van der Waals surface area contributed by atoms with Gasteiger partial charge in [0.25, 0.3) is 0 Å². The molecule has 0 N–H and O–H groups in total. The third kappa shape index (κ3) is 23.5. The Hall–Kier alpha value is -7.38. The van der Waals surface area contributed by atoms with E-state index in [0.29, 0.717) is 0 Å². The standard InChI is InChI=1S/4C18H15P.2C2H4O2.2Pd/c4*1-4-10-16(11-5-1)19(17-12-6-2-7-13-17)18-14-8-3-9-15-18;2*1-2(3)4;;/h4*1-15H;2*1H3,(H,3,4);;/q;;;;;;;+2/p-2. The van der Waals surface area contributed by atoms with Crippen LogP contribution in [0.3, 0.4) is 0 Å². The fourth-order valence-corrected chi connectivity index (χ4v) is 17.9. The van der Waals surface area contributed by atoms with Gasteiger partial charge in [-0.2, -0.15) is 0 Å². The number of hydrogen-bond donors (Lipinski definition) is 0. The van der Waals surface area contributed by atoms with Gasteiger partial charge in [-0.1, -0.05) is 364 Å². The Kier molecular flexibility index (Phi) is 32.3. The van der Waals surface area contributed by atoms with Crippen molar-refractivity contribution in [2.45, 2.75) is 13.8 Å². The van der Waals surface area contributed by atoms with E-state index in [4.69, 9.17) is 19.8 Å². The molecule has 0 radical (unpaired) electrons. The fraction of sp³-hybridized carbons (Fsp3) is 0.0263. The first kappa shape index (κ1) is 69.4. The molecule has 0 aliphatic heterocycles. The van der Waals surface area contributed by atoms with Gasteiger partial charge in [0.1, 0.15) is 0 Å². The molecular weight excluding hydrogens is 1310 g/mol. The number of carbonyl (C=O) groups excluding carboxylic acids is 2. The van der Waals surface area contributed by atoms with Gasteiger partial charge in [0, 0.05) is 32.4 Å². The molecule has 0 amide bonds. The van der Waals surface area contributed by atoms with E-state index in [1.807, 2.05) is 0 Å². The first-order valence-corrected chi connectivity index (χ1v) is 32.8. The van der Waals surface area contributed by atoms with Crippen LogP contribution >= 0.6 is 31.7 Å². The molecule has 12 rings (SSSR count). The summed E-state index contributed by atoms with van der Waals surface area (Å²) >= 11 is 0. The minimum Gasteiger partial charge on any atom is -0.550 e. The second kappa shape index (κ2) is 40.1. The van der Waals surface area contributed by atoms with E-state index in [2.05, 4.69) is 364 Å². The maximum Gasteiger partial charge on any atom is 2.00 e. The summed E-state index contributed by atoms with van der Waals surface area (Å²) in [5.41, 5.74) is 0. The molecule has 12 aromatic rings. The molecule has 86 heavy (non-hydrogen) atoms. The van der Waals surface area contributed by atoms with E-state index in [9.17, 15) is 0 Å². The van der Waals surface area contributed by atoms with E-state index in [1.165, 1.54) is 63.7 Å². The van der Waals surface area contributed by atoms with Crippen LogP contribution in [0.15, 0.2) is 364 Å². The van der Waals surface area contributed by atoms with Crippen molar-refractivity contribution in [3.63, 3.8) is 0 Å². The molecule has 0 bridgehead atoms. The number of aliphatic carboxylic acids is 2. The minimum absolute atomic E-state index is 0. The summed E-state index contributed by atoms with van der Waals surface area (Å²) in [7, 11) is -1.78. The first-order valence-electron chi connectivity index (χ1n) is 27.4. The molecule has 0 aliphatic rings. The number of hydrogen-bond acceptors (Lipinski definition) is 4. The van der Waals surface area contributed by atoms with Crippen LogP contribution in [0.1, 0.15) is 13.8 Å². The van der Waals surface area contributed by atoms with Gasteiger partial charge in [-0.15, -0.1) is 0 Å². The van der Waals surface area contributed by atoms with Gasteiger partial charge in [0.15, 0.2) is 0 Å². The average Bonchev–Trinajstić information content (AvgIpc) is 3.61. The van der Waals surface area contributed by atoms with Crippen LogP contribution in [0.5, 0.6) is 0 Å². The third-order valence-corrected chi connectivity index (χ3v) is 21.9. The molecule has 0 aromatic heterocycles. The van der Waals surface area contributed by atoms with Gasteiger partial charge in [0.2, 0.25) is 0 Å². The van der Waals surface area contributed by atoms with Crippen LogP contribution in [0.2, 0.25) is 0 Å². The summed E-state index contributed by atoms with van der Waals surface area (Å²) in [6.45, 7) is 1.94. The van der Waals surface area contributed by atoms with Crippen LogP contribution in [0.25, 0.3) is 0 Å². The zero-order valence-electron chi connectivity index (χ0n) is 47.7. The number of carbonyl (C=O) groups is 2. The van der Waals surface area contributed by atoms with E-state index in [1.54, 1.807) is 0 Å². The predicted molar refractivity (Wildman–Crippen MR) is 362 cm³/mol. The van der Waals surface area contributed by atoms with Gasteiger partial charge >= 0.3 is 20.4 Å². The van der Waals surface area contributed by atoms with Crippen molar-refractivity contribution in [2.24, 2.45) is 0 Å². The largest absolute Gasteiger partial charge is 2.00 e. The molecule has 0 atom stereocenters. The van der Waals surface area contributed by atoms with Crippen molar-refractivity contribution < 1.29 is 60.6 Å². The Morgan fingerprint density at radius 1 is 0.198 bits per heavy atom. The molecule has 0 saturated carbocycles. The summed E-state index contributed by atoms with van der Waals surface area (Å²) in [5.74, 6) is -2.17. The molecule has 0 saturated heterocycles. The van der Waals surface area contributed by atoms with Crippen molar-refractivity contribution in [1.82, 2.24) is 0 Å². The molecule has 0 unspecified atom stereocenters. The summed E-state index contributed by atoms with van der Waals surface area (Å²) in [6, 6.07) is 129. The van der Waals surface area contributed by atoms with E-state index < -0.39 is 43.6 Å². The minimum atomic E-state index is -1.08. The second-order valence-electron chi connectivity index (χ2n) is 18.4. The molecule has 434 valence electrons. The Labute approximate surface area is 541 Å². The zero-order valence-corrected chi connectivity index (χ0v) is 54.4. The second-order valence-corrected chi connectivity index (χ2v) is 27.2. The Morgan fingerprint density at radius 3 is 0.314 bits per heavy atom. The molecule has 0 heterocycles. The topological polar surface area (TPSA) is 80.3 Å². The molecule has 0 spiro atoms. The molecule has 4 nitrogen and oxygen atoms in total. The Bertz CT molecular complexity index is 2800. The maximum absolute atomic E-state index is 8.89. The number of benzene rings is 12. The molecule has 12 aromatic carbocycles. The van der Waals surface area contributed by atoms with Crippen LogP contribution in [0.4, 0.5) is 0 Å². The summed E-state index contributed by atoms with van der Waals surface area (Å²) in [4.78, 5) is 17.8. The fourth-order valence-electron chi connectivity index (χ4n) is 8.71. The van der Waals surface area contributed by atoms with Crippen LogP contribution in [-0.2, 0) is 50.4 Å². The summed E-state index contributed by atoms with van der Waals surface area (Å²) in [5, 5.41) is 34.6. The average molecular weight is 1380 g/mol. The van der Waals surface area contributed by atoms with E-state index >= 15 is 0 Å². The van der Waals surface area contributed by atoms with Crippen molar-refractivity contribution in [3.05, 3.63) is 364 Å². The first-order chi connectivity index (χ1) is 41.3. The third-order valence-electron chi connectivity index (χ3n) is 12.2. The van der Waals surface area contributed by atoms with Gasteiger partial charge < -0.3 is 19.8 Å². The maximum atomic E-state index is 8.89. The van der Waals surface area contributed by atoms with Crippen molar-refractivity contribution in [2.75, 3.05) is 0 Å². The molecule has 0 fully saturated rings. The monoisotopic (exact) mass is 1380 g/mol. The number of carboxylic acids is 2. The van der Waals surface area contributed by atoms with Crippen molar-refractivity contribution in [3.8, 4) is 0 Å². The van der Waals surface area contributed by atoms with Gasteiger partial charge in [-0.25, -0.2) is 0 Å². The van der Waals surface area contributed by atoms with Crippen LogP contribution < -0.4 is 73.9 Å². The smallest absolute Gasteiger partial charge is 0.550 e. The van der Waals surface area contributed by atoms with E-state index in [0.717, 1.165) is 13.8 Å². The molecule has 10 heteroatoms. The van der Waals surface area contributed by atoms with Crippen molar-refractivity contribution >= 4 is 107 Å². The Balaban J connectivity index is 0.000000199. The number of rotatable bonds is 12. The van der Waals surface area contributed by atoms with Gasteiger partial charge in [-0.05, 0) is 109 Å². The molecule has 0 aliphatic carbocycles. The molecular formula is C76H66O4P4Pd2. The summed E-state index contributed by atoms with van der Waals surface area (Å²) in [6.07, 6.45) is 0. The van der Waals surface area contributed by atoms with Gasteiger partial charge in [0.05, 0.1) is 0 Å². The zero-order chi connectivity index (χ0) is 58.8. The Morgan fingerprint density at radius 2 is 0.256 bits per heavy atom. The van der Waals surface area contributed by atoms with Crippen LogP contribution in [0, 0.1) is 0 Å². The normalized spacial score (nSPS) is 9.93. The van der Waals surface area contributed by atoms with E-state index in [-0.39, 0.29) is 40.8 Å². The quantitative estimate of drug-likeness (QED) is 0.0902.